The Morgan fingerprint density at radius 2 is 1.68 bits per heavy atom. The van der Waals surface area contributed by atoms with E-state index < -0.39 is 40.2 Å². The lowest BCUT2D eigenvalue weighted by atomic mass is 10.1. The molecule has 2 aromatic rings. The average molecular weight is 532 g/mol. The highest BCUT2D eigenvalue weighted by Crippen LogP contribution is 2.27. The van der Waals surface area contributed by atoms with Gasteiger partial charge in [0.2, 0.25) is 21.8 Å². The van der Waals surface area contributed by atoms with Gasteiger partial charge in [-0.3, -0.25) is 13.9 Å². The molecule has 2 atom stereocenters. The van der Waals surface area contributed by atoms with Crippen LogP contribution in [0.15, 0.2) is 42.5 Å². The summed E-state index contributed by atoms with van der Waals surface area (Å²) in [5, 5.41) is 3.18. The van der Waals surface area contributed by atoms with Crippen molar-refractivity contribution in [3.05, 3.63) is 63.9 Å². The van der Waals surface area contributed by atoms with Crippen molar-refractivity contribution in [3.8, 4) is 0 Å². The van der Waals surface area contributed by atoms with Crippen LogP contribution >= 0.6 is 23.2 Å². The van der Waals surface area contributed by atoms with Crippen LogP contribution in [0.3, 0.4) is 0 Å². The van der Waals surface area contributed by atoms with E-state index in [1.54, 1.807) is 6.07 Å². The zero-order valence-electron chi connectivity index (χ0n) is 19.4. The van der Waals surface area contributed by atoms with Gasteiger partial charge in [0.15, 0.2) is 0 Å². The van der Waals surface area contributed by atoms with Crippen LogP contribution in [-0.4, -0.2) is 50.0 Å². The van der Waals surface area contributed by atoms with E-state index in [1.165, 1.54) is 43.3 Å². The summed E-state index contributed by atoms with van der Waals surface area (Å²) in [6.07, 6.45) is 1.62. The number of benzene rings is 2. The van der Waals surface area contributed by atoms with Crippen LogP contribution in [0.4, 0.5) is 10.1 Å². The van der Waals surface area contributed by atoms with E-state index in [-0.39, 0.29) is 33.9 Å². The maximum atomic E-state index is 14.4. The normalized spacial score (nSPS) is 13.1. The van der Waals surface area contributed by atoms with Gasteiger partial charge in [0.25, 0.3) is 0 Å². The predicted molar refractivity (Wildman–Crippen MR) is 133 cm³/mol. The maximum Gasteiger partial charge on any atom is 0.244 e. The van der Waals surface area contributed by atoms with Crippen LogP contribution in [0.5, 0.6) is 0 Å². The summed E-state index contributed by atoms with van der Waals surface area (Å²) in [6, 6.07) is 8.90. The molecule has 0 bridgehead atoms. The fraction of sp³-hybridized carbons (Fsp3) is 0.391. The number of halogens is 3. The number of anilines is 1. The van der Waals surface area contributed by atoms with Crippen molar-refractivity contribution in [3.63, 3.8) is 0 Å². The number of hydrogen-bond donors (Lipinski definition) is 1. The standard InChI is InChI=1S/C23H28Cl2FN3O4S/c1-5-15(2)27-23(31)16(3)28(13-17-8-6-7-9-21(17)26)22(30)14-29(34(4,32)33)20-11-18(24)10-19(25)12-20/h6-12,15-16H,5,13-14H2,1-4H3,(H,27,31)/t15-,16-/m1/s1. The quantitative estimate of drug-likeness (QED) is 0.496. The highest BCUT2D eigenvalue weighted by atomic mass is 35.5. The summed E-state index contributed by atoms with van der Waals surface area (Å²) in [6.45, 7) is 4.37. The SMILES string of the molecule is CC[C@@H](C)NC(=O)[C@@H](C)N(Cc1ccccc1F)C(=O)CN(c1cc(Cl)cc(Cl)c1)S(C)(=O)=O. The summed E-state index contributed by atoms with van der Waals surface area (Å²) in [5.74, 6) is -1.68. The molecular weight excluding hydrogens is 504 g/mol. The molecule has 0 fully saturated rings. The third kappa shape index (κ3) is 7.58. The van der Waals surface area contributed by atoms with Crippen molar-refractivity contribution in [1.82, 2.24) is 10.2 Å². The van der Waals surface area contributed by atoms with Crippen molar-refractivity contribution >= 4 is 50.7 Å². The number of carbonyl (C=O) groups excluding carboxylic acids is 2. The van der Waals surface area contributed by atoms with E-state index in [2.05, 4.69) is 5.32 Å². The van der Waals surface area contributed by atoms with Gasteiger partial charge in [-0.15, -0.1) is 0 Å². The molecular formula is C23H28Cl2FN3O4S. The molecule has 11 heteroatoms. The van der Waals surface area contributed by atoms with Gasteiger partial charge >= 0.3 is 0 Å². The molecule has 0 saturated heterocycles. The van der Waals surface area contributed by atoms with Crippen LogP contribution in [0, 0.1) is 5.82 Å². The topological polar surface area (TPSA) is 86.8 Å². The van der Waals surface area contributed by atoms with Gasteiger partial charge in [0, 0.05) is 28.2 Å². The molecule has 34 heavy (non-hydrogen) atoms. The Kier molecular flexibility index (Phi) is 9.73. The fourth-order valence-corrected chi connectivity index (χ4v) is 4.50. The van der Waals surface area contributed by atoms with Crippen LogP contribution < -0.4 is 9.62 Å². The lowest BCUT2D eigenvalue weighted by Gasteiger charge is -2.32. The first-order valence-electron chi connectivity index (χ1n) is 10.6. The minimum atomic E-state index is -3.94. The smallest absolute Gasteiger partial charge is 0.244 e. The molecule has 0 aliphatic heterocycles. The molecule has 2 aromatic carbocycles. The number of hydrogen-bond acceptors (Lipinski definition) is 4. The Labute approximate surface area is 209 Å². The van der Waals surface area contributed by atoms with Gasteiger partial charge in [-0.05, 0) is 44.5 Å². The van der Waals surface area contributed by atoms with Gasteiger partial charge in [-0.2, -0.15) is 0 Å². The highest BCUT2D eigenvalue weighted by molar-refractivity contribution is 7.92. The summed E-state index contributed by atoms with van der Waals surface area (Å²) < 4.78 is 40.3. The van der Waals surface area contributed by atoms with E-state index in [0.717, 1.165) is 15.5 Å². The van der Waals surface area contributed by atoms with Gasteiger partial charge in [0.1, 0.15) is 18.4 Å². The fourth-order valence-electron chi connectivity index (χ4n) is 3.16. The van der Waals surface area contributed by atoms with Crippen molar-refractivity contribution in [2.24, 2.45) is 0 Å². The number of nitrogens with zero attached hydrogens (tertiary/aromatic N) is 2. The van der Waals surface area contributed by atoms with Gasteiger partial charge in [-0.25, -0.2) is 12.8 Å². The van der Waals surface area contributed by atoms with Crippen LogP contribution in [-0.2, 0) is 26.2 Å². The Morgan fingerprint density at radius 1 is 1.09 bits per heavy atom. The molecule has 186 valence electrons. The second-order valence-corrected chi connectivity index (χ2v) is 10.8. The lowest BCUT2D eigenvalue weighted by Crippen LogP contribution is -2.52. The minimum absolute atomic E-state index is 0.0934. The van der Waals surface area contributed by atoms with Crippen molar-refractivity contribution in [1.29, 1.82) is 0 Å². The first-order chi connectivity index (χ1) is 15.8. The summed E-state index contributed by atoms with van der Waals surface area (Å²) in [7, 11) is -3.94. The minimum Gasteiger partial charge on any atom is -0.352 e. The second-order valence-electron chi connectivity index (χ2n) is 8.00. The van der Waals surface area contributed by atoms with E-state index in [0.29, 0.717) is 6.42 Å². The third-order valence-corrected chi connectivity index (χ3v) is 6.86. The van der Waals surface area contributed by atoms with Crippen LogP contribution in [0.2, 0.25) is 10.0 Å². The van der Waals surface area contributed by atoms with Crippen molar-refractivity contribution in [2.75, 3.05) is 17.1 Å². The third-order valence-electron chi connectivity index (χ3n) is 5.28. The van der Waals surface area contributed by atoms with Gasteiger partial charge < -0.3 is 10.2 Å². The number of amides is 2. The number of rotatable bonds is 10. The molecule has 2 amide bonds. The monoisotopic (exact) mass is 531 g/mol. The predicted octanol–water partition coefficient (Wildman–Crippen LogP) is 4.23. The average Bonchev–Trinajstić information content (AvgIpc) is 2.74. The summed E-state index contributed by atoms with van der Waals surface area (Å²) in [4.78, 5) is 27.4. The molecule has 0 spiro atoms. The zero-order chi connectivity index (χ0) is 25.6. The molecule has 0 aliphatic rings. The molecule has 0 radical (unpaired) electrons. The number of carbonyl (C=O) groups is 2. The molecule has 0 aromatic heterocycles. The van der Waals surface area contributed by atoms with Crippen molar-refractivity contribution < 1.29 is 22.4 Å². The summed E-state index contributed by atoms with van der Waals surface area (Å²) in [5.41, 5.74) is 0.284. The van der Waals surface area contributed by atoms with E-state index in [4.69, 9.17) is 23.2 Å². The first kappa shape index (κ1) is 27.9. The van der Waals surface area contributed by atoms with Crippen molar-refractivity contribution in [2.45, 2.75) is 45.8 Å². The first-order valence-corrected chi connectivity index (χ1v) is 13.2. The lowest BCUT2D eigenvalue weighted by molar-refractivity contribution is -0.139. The molecule has 0 heterocycles. The number of sulfonamides is 1. The largest absolute Gasteiger partial charge is 0.352 e. The Hall–Kier alpha value is -2.36. The maximum absolute atomic E-state index is 14.4. The molecule has 7 nitrogen and oxygen atoms in total. The number of nitrogens with one attached hydrogen (secondary N) is 1. The van der Waals surface area contributed by atoms with Crippen LogP contribution in [0.1, 0.15) is 32.8 Å². The van der Waals surface area contributed by atoms with Gasteiger partial charge in [0.05, 0.1) is 11.9 Å². The Morgan fingerprint density at radius 3 is 2.21 bits per heavy atom. The zero-order valence-corrected chi connectivity index (χ0v) is 21.7. The van der Waals surface area contributed by atoms with E-state index >= 15 is 0 Å². The molecule has 1 N–H and O–H groups in total. The van der Waals surface area contributed by atoms with Crippen LogP contribution in [0.25, 0.3) is 0 Å². The molecule has 2 rings (SSSR count). The van der Waals surface area contributed by atoms with E-state index in [1.807, 2.05) is 13.8 Å². The summed E-state index contributed by atoms with van der Waals surface area (Å²) >= 11 is 12.1. The Bertz CT molecular complexity index is 1130. The molecule has 0 aliphatic carbocycles. The van der Waals surface area contributed by atoms with E-state index in [9.17, 15) is 22.4 Å². The second kappa shape index (κ2) is 11.9. The molecule has 0 unspecified atom stereocenters. The molecule has 0 saturated carbocycles. The highest BCUT2D eigenvalue weighted by Gasteiger charge is 2.31. The van der Waals surface area contributed by atoms with Gasteiger partial charge in [-0.1, -0.05) is 48.3 Å². The Balaban J connectivity index is 2.43.